The minimum Gasteiger partial charge on any atom is -0.396 e. The first-order chi connectivity index (χ1) is 8.76. The molecule has 0 bridgehead atoms. The van der Waals surface area contributed by atoms with Crippen molar-refractivity contribution in [2.24, 2.45) is 0 Å². The van der Waals surface area contributed by atoms with Crippen molar-refractivity contribution in [1.82, 2.24) is 0 Å². The van der Waals surface area contributed by atoms with Crippen LogP contribution in [-0.2, 0) is 0 Å². The third kappa shape index (κ3) is 2.62. The molecule has 2 rings (SSSR count). The Balaban J connectivity index is 2.15. The quantitative estimate of drug-likeness (QED) is 0.890. The van der Waals surface area contributed by atoms with Crippen LogP contribution in [0.15, 0.2) is 18.2 Å². The maximum absolute atomic E-state index is 13.6. The van der Waals surface area contributed by atoms with Gasteiger partial charge in [-0.3, -0.25) is 0 Å². The van der Waals surface area contributed by atoms with E-state index >= 15 is 0 Å². The van der Waals surface area contributed by atoms with Crippen LogP contribution in [0.2, 0.25) is 0 Å². The van der Waals surface area contributed by atoms with Crippen molar-refractivity contribution in [3.8, 4) is 6.07 Å². The number of nitriles is 1. The Bertz CT molecular complexity index is 456. The molecule has 1 fully saturated rings. The average molecular weight is 248 g/mol. The number of benzene rings is 1. The fourth-order valence-electron chi connectivity index (χ4n) is 2.58. The first-order valence-electron chi connectivity index (χ1n) is 6.33. The van der Waals surface area contributed by atoms with Crippen LogP contribution in [0.1, 0.15) is 31.2 Å². The fourth-order valence-corrected chi connectivity index (χ4v) is 2.58. The van der Waals surface area contributed by atoms with Gasteiger partial charge >= 0.3 is 0 Å². The maximum atomic E-state index is 13.6. The van der Waals surface area contributed by atoms with Crippen molar-refractivity contribution >= 4 is 5.69 Å². The lowest BCUT2D eigenvalue weighted by Crippen LogP contribution is -2.29. The number of hydrogen-bond donors (Lipinski definition) is 1. The number of rotatable bonds is 4. The summed E-state index contributed by atoms with van der Waals surface area (Å²) in [4.78, 5) is 2.18. The summed E-state index contributed by atoms with van der Waals surface area (Å²) >= 11 is 0. The third-order valence-corrected chi connectivity index (χ3v) is 3.48. The largest absolute Gasteiger partial charge is 0.396 e. The molecule has 0 radical (unpaired) electrons. The highest BCUT2D eigenvalue weighted by molar-refractivity contribution is 5.52. The van der Waals surface area contributed by atoms with E-state index in [2.05, 4.69) is 4.90 Å². The lowest BCUT2D eigenvalue weighted by atomic mass is 10.1. The van der Waals surface area contributed by atoms with Gasteiger partial charge in [0.25, 0.3) is 0 Å². The average Bonchev–Trinajstić information content (AvgIpc) is 2.84. The van der Waals surface area contributed by atoms with Crippen LogP contribution in [0.4, 0.5) is 10.1 Å². The smallest absolute Gasteiger partial charge is 0.143 e. The molecular weight excluding hydrogens is 231 g/mol. The first-order valence-corrected chi connectivity index (χ1v) is 6.33. The van der Waals surface area contributed by atoms with Crippen molar-refractivity contribution < 1.29 is 9.50 Å². The number of nitrogens with zero attached hydrogens (tertiary/aromatic N) is 2. The Hall–Kier alpha value is -1.60. The molecule has 1 aliphatic heterocycles. The molecule has 0 aliphatic carbocycles. The topological polar surface area (TPSA) is 47.3 Å². The molecule has 3 nitrogen and oxygen atoms in total. The van der Waals surface area contributed by atoms with Crippen molar-refractivity contribution in [3.63, 3.8) is 0 Å². The monoisotopic (exact) mass is 248 g/mol. The Labute approximate surface area is 106 Å². The molecule has 18 heavy (non-hydrogen) atoms. The first kappa shape index (κ1) is 12.8. The van der Waals surface area contributed by atoms with E-state index in [-0.39, 0.29) is 12.2 Å². The predicted octanol–water partition coefficient (Wildman–Crippen LogP) is 2.44. The molecule has 0 amide bonds. The molecule has 1 aromatic carbocycles. The van der Waals surface area contributed by atoms with E-state index in [1.165, 1.54) is 12.1 Å². The van der Waals surface area contributed by atoms with Crippen molar-refractivity contribution in [3.05, 3.63) is 29.6 Å². The Morgan fingerprint density at radius 1 is 1.50 bits per heavy atom. The van der Waals surface area contributed by atoms with Crippen LogP contribution < -0.4 is 4.90 Å². The molecule has 1 N–H and O–H groups in total. The molecule has 0 spiro atoms. The van der Waals surface area contributed by atoms with E-state index in [0.717, 1.165) is 37.9 Å². The van der Waals surface area contributed by atoms with Gasteiger partial charge in [-0.2, -0.15) is 5.26 Å². The van der Waals surface area contributed by atoms with Crippen molar-refractivity contribution in [2.45, 2.75) is 31.7 Å². The SMILES string of the molecule is N#Cc1ccc(N2CCCC2CCCO)cc1F. The van der Waals surface area contributed by atoms with Gasteiger partial charge in [0.05, 0.1) is 5.56 Å². The number of hydrogen-bond acceptors (Lipinski definition) is 3. The van der Waals surface area contributed by atoms with Crippen LogP contribution >= 0.6 is 0 Å². The summed E-state index contributed by atoms with van der Waals surface area (Å²) in [6.07, 6.45) is 3.89. The minimum atomic E-state index is -0.456. The van der Waals surface area contributed by atoms with Gasteiger partial charge in [0.2, 0.25) is 0 Å². The number of aliphatic hydroxyl groups is 1. The molecule has 96 valence electrons. The number of halogens is 1. The summed E-state index contributed by atoms with van der Waals surface area (Å²) in [6.45, 7) is 1.12. The van der Waals surface area contributed by atoms with E-state index in [0.29, 0.717) is 6.04 Å². The molecule has 0 aromatic heterocycles. The summed E-state index contributed by atoms with van der Waals surface area (Å²) in [5.74, 6) is -0.456. The second-order valence-corrected chi connectivity index (χ2v) is 4.63. The molecule has 1 heterocycles. The van der Waals surface area contributed by atoms with Crippen LogP contribution in [-0.4, -0.2) is 24.3 Å². The van der Waals surface area contributed by atoms with Gasteiger partial charge in [0.1, 0.15) is 11.9 Å². The summed E-state index contributed by atoms with van der Waals surface area (Å²) in [5.41, 5.74) is 0.928. The highest BCUT2D eigenvalue weighted by Gasteiger charge is 2.24. The minimum absolute atomic E-state index is 0.0878. The predicted molar refractivity (Wildman–Crippen MR) is 67.8 cm³/mol. The zero-order chi connectivity index (χ0) is 13.0. The van der Waals surface area contributed by atoms with Crippen LogP contribution in [0.25, 0.3) is 0 Å². The standard InChI is InChI=1S/C14H17FN2O/c15-14-9-13(6-5-11(14)10-16)17-7-1-3-12(17)4-2-8-18/h5-6,9,12,18H,1-4,7-8H2. The molecule has 1 atom stereocenters. The Morgan fingerprint density at radius 3 is 3.00 bits per heavy atom. The summed E-state index contributed by atoms with van der Waals surface area (Å²) in [6, 6.07) is 6.99. The third-order valence-electron chi connectivity index (χ3n) is 3.48. The Morgan fingerprint density at radius 2 is 2.33 bits per heavy atom. The second-order valence-electron chi connectivity index (χ2n) is 4.63. The van der Waals surface area contributed by atoms with Crippen LogP contribution in [0.5, 0.6) is 0 Å². The highest BCUT2D eigenvalue weighted by atomic mass is 19.1. The van der Waals surface area contributed by atoms with Gasteiger partial charge in [0, 0.05) is 24.9 Å². The summed E-state index contributed by atoms with van der Waals surface area (Å²) in [7, 11) is 0. The van der Waals surface area contributed by atoms with E-state index in [4.69, 9.17) is 10.4 Å². The molecule has 4 heteroatoms. The van der Waals surface area contributed by atoms with Gasteiger partial charge < -0.3 is 10.0 Å². The van der Waals surface area contributed by atoms with E-state index in [1.54, 1.807) is 6.07 Å². The molecule has 1 saturated heterocycles. The molecule has 1 unspecified atom stereocenters. The van der Waals surface area contributed by atoms with Crippen LogP contribution in [0.3, 0.4) is 0 Å². The molecular formula is C14H17FN2O. The van der Waals surface area contributed by atoms with Gasteiger partial charge in [-0.05, 0) is 43.9 Å². The fraction of sp³-hybridized carbons (Fsp3) is 0.500. The van der Waals surface area contributed by atoms with Gasteiger partial charge in [0.15, 0.2) is 0 Å². The summed E-state index contributed by atoms with van der Waals surface area (Å²) < 4.78 is 13.6. The van der Waals surface area contributed by atoms with Crippen molar-refractivity contribution in [1.29, 1.82) is 5.26 Å². The number of aliphatic hydroxyl groups excluding tert-OH is 1. The van der Waals surface area contributed by atoms with Gasteiger partial charge in [-0.1, -0.05) is 0 Å². The van der Waals surface area contributed by atoms with Gasteiger partial charge in [-0.15, -0.1) is 0 Å². The lowest BCUT2D eigenvalue weighted by molar-refractivity contribution is 0.279. The molecule has 1 aliphatic rings. The van der Waals surface area contributed by atoms with Crippen molar-refractivity contribution in [2.75, 3.05) is 18.1 Å². The normalized spacial score (nSPS) is 18.9. The van der Waals surface area contributed by atoms with Crippen LogP contribution in [0, 0.1) is 17.1 Å². The zero-order valence-corrected chi connectivity index (χ0v) is 10.3. The van der Waals surface area contributed by atoms with E-state index in [9.17, 15) is 4.39 Å². The second kappa shape index (κ2) is 5.83. The van der Waals surface area contributed by atoms with Gasteiger partial charge in [-0.25, -0.2) is 4.39 Å². The molecule has 1 aromatic rings. The highest BCUT2D eigenvalue weighted by Crippen LogP contribution is 2.29. The maximum Gasteiger partial charge on any atom is 0.143 e. The summed E-state index contributed by atoms with van der Waals surface area (Å²) in [5, 5.41) is 17.6. The van der Waals surface area contributed by atoms with E-state index in [1.807, 2.05) is 6.07 Å². The van der Waals surface area contributed by atoms with E-state index < -0.39 is 5.82 Å². The Kier molecular flexibility index (Phi) is 4.16. The number of anilines is 1. The lowest BCUT2D eigenvalue weighted by Gasteiger charge is -2.26. The zero-order valence-electron chi connectivity index (χ0n) is 10.3. The molecule has 0 saturated carbocycles.